The summed E-state index contributed by atoms with van der Waals surface area (Å²) >= 11 is 3.21. The van der Waals surface area contributed by atoms with Crippen LogP contribution in [0.5, 0.6) is 0 Å². The van der Waals surface area contributed by atoms with Gasteiger partial charge in [-0.25, -0.2) is 4.79 Å². The van der Waals surface area contributed by atoms with Crippen molar-refractivity contribution < 1.29 is 19.4 Å². The van der Waals surface area contributed by atoms with Crippen molar-refractivity contribution in [1.29, 1.82) is 0 Å². The monoisotopic (exact) mass is 388 g/mol. The molecule has 1 heterocycles. The predicted octanol–water partition coefficient (Wildman–Crippen LogP) is 1.39. The second-order valence-electron chi connectivity index (χ2n) is 6.02. The summed E-state index contributed by atoms with van der Waals surface area (Å²) < 4.78 is 7.32. The number of amides is 1. The molecule has 1 unspecified atom stereocenters. The molecule has 0 radical (unpaired) electrons. The fraction of sp³-hybridized carbons (Fsp3) is 0.533. The Kier molecular flexibility index (Phi) is 6.96. The number of ether oxygens (including phenoxy) is 1. The van der Waals surface area contributed by atoms with Crippen LogP contribution < -0.4 is 10.9 Å². The molecule has 0 aromatic carbocycles. The van der Waals surface area contributed by atoms with E-state index in [0.29, 0.717) is 4.47 Å². The van der Waals surface area contributed by atoms with Gasteiger partial charge in [0, 0.05) is 29.8 Å². The SMILES string of the molecule is CC(C)(C)OCCC(NC(=O)Cn1cc(Br)ccc1=O)C(=O)O. The number of aliphatic carboxylic acids is 1. The maximum atomic E-state index is 12.0. The molecule has 0 spiro atoms. The maximum absolute atomic E-state index is 12.0. The van der Waals surface area contributed by atoms with E-state index in [1.165, 1.54) is 16.8 Å². The highest BCUT2D eigenvalue weighted by Gasteiger charge is 2.21. The molecule has 0 saturated carbocycles. The molecule has 0 aliphatic heterocycles. The molecule has 0 fully saturated rings. The number of rotatable bonds is 7. The Balaban J connectivity index is 2.62. The van der Waals surface area contributed by atoms with E-state index in [-0.39, 0.29) is 30.7 Å². The number of hydrogen-bond acceptors (Lipinski definition) is 4. The zero-order chi connectivity index (χ0) is 17.6. The Morgan fingerprint density at radius 3 is 2.61 bits per heavy atom. The summed E-state index contributed by atoms with van der Waals surface area (Å²) in [6.07, 6.45) is 1.62. The lowest BCUT2D eigenvalue weighted by atomic mass is 10.1. The van der Waals surface area contributed by atoms with Gasteiger partial charge in [0.15, 0.2) is 0 Å². The van der Waals surface area contributed by atoms with Crippen LogP contribution in [0.3, 0.4) is 0 Å². The van der Waals surface area contributed by atoms with Gasteiger partial charge in [-0.2, -0.15) is 0 Å². The normalized spacial score (nSPS) is 12.7. The molecule has 1 rings (SSSR count). The van der Waals surface area contributed by atoms with E-state index in [2.05, 4.69) is 21.2 Å². The van der Waals surface area contributed by atoms with Crippen LogP contribution >= 0.6 is 15.9 Å². The number of aromatic nitrogens is 1. The fourth-order valence-electron chi connectivity index (χ4n) is 1.76. The molecule has 23 heavy (non-hydrogen) atoms. The largest absolute Gasteiger partial charge is 0.480 e. The molecule has 1 aromatic rings. The third-order valence-electron chi connectivity index (χ3n) is 2.84. The molecular formula is C15H21BrN2O5. The number of carboxylic acids is 1. The van der Waals surface area contributed by atoms with Gasteiger partial charge in [0.25, 0.3) is 5.56 Å². The summed E-state index contributed by atoms with van der Waals surface area (Å²) in [5, 5.41) is 11.6. The summed E-state index contributed by atoms with van der Waals surface area (Å²) in [6, 6.07) is 1.83. The van der Waals surface area contributed by atoms with Gasteiger partial charge in [-0.15, -0.1) is 0 Å². The van der Waals surface area contributed by atoms with Crippen LogP contribution in [0, 0.1) is 0 Å². The van der Waals surface area contributed by atoms with E-state index in [0.717, 1.165) is 0 Å². The number of carboxylic acid groups (broad SMARTS) is 1. The molecule has 0 saturated heterocycles. The van der Waals surface area contributed by atoms with Gasteiger partial charge >= 0.3 is 5.97 Å². The summed E-state index contributed by atoms with van der Waals surface area (Å²) in [4.78, 5) is 34.8. The third-order valence-corrected chi connectivity index (χ3v) is 3.31. The zero-order valence-corrected chi connectivity index (χ0v) is 14.9. The van der Waals surface area contributed by atoms with Gasteiger partial charge in [0.05, 0.1) is 5.60 Å². The Morgan fingerprint density at radius 2 is 2.04 bits per heavy atom. The second-order valence-corrected chi connectivity index (χ2v) is 6.94. The first-order valence-corrected chi connectivity index (χ1v) is 7.90. The van der Waals surface area contributed by atoms with Crippen molar-refractivity contribution in [1.82, 2.24) is 9.88 Å². The lowest BCUT2D eigenvalue weighted by Crippen LogP contribution is -2.44. The molecule has 2 N–H and O–H groups in total. The van der Waals surface area contributed by atoms with Gasteiger partial charge in [0.2, 0.25) is 5.91 Å². The molecule has 8 heteroatoms. The Labute approximate surface area is 142 Å². The Bertz CT molecular complexity index is 621. The average Bonchev–Trinajstić information content (AvgIpc) is 2.40. The molecule has 1 amide bonds. The van der Waals surface area contributed by atoms with Crippen molar-refractivity contribution in [3.05, 3.63) is 33.2 Å². The lowest BCUT2D eigenvalue weighted by Gasteiger charge is -2.21. The quantitative estimate of drug-likeness (QED) is 0.735. The van der Waals surface area contributed by atoms with Crippen LogP contribution in [0.25, 0.3) is 0 Å². The smallest absolute Gasteiger partial charge is 0.326 e. The molecule has 0 aliphatic rings. The first-order valence-electron chi connectivity index (χ1n) is 7.10. The van der Waals surface area contributed by atoms with Crippen molar-refractivity contribution >= 4 is 27.8 Å². The van der Waals surface area contributed by atoms with Crippen LogP contribution in [0.2, 0.25) is 0 Å². The number of nitrogens with one attached hydrogen (secondary N) is 1. The summed E-state index contributed by atoms with van der Waals surface area (Å²) in [5.74, 6) is -1.69. The van der Waals surface area contributed by atoms with E-state index < -0.39 is 17.9 Å². The molecule has 1 aromatic heterocycles. The van der Waals surface area contributed by atoms with E-state index in [1.807, 2.05) is 20.8 Å². The van der Waals surface area contributed by atoms with E-state index in [9.17, 15) is 19.5 Å². The molecule has 128 valence electrons. The number of halogens is 1. The topological polar surface area (TPSA) is 97.6 Å². The number of carbonyl (C=O) groups excluding carboxylic acids is 1. The first kappa shape index (κ1) is 19.4. The Hall–Kier alpha value is -1.67. The molecular weight excluding hydrogens is 368 g/mol. The number of carbonyl (C=O) groups is 2. The molecule has 1 atom stereocenters. The standard InChI is InChI=1S/C15H21BrN2O5/c1-15(2,3)23-7-6-11(14(21)22)17-12(19)9-18-8-10(16)4-5-13(18)20/h4-5,8,11H,6-7,9H2,1-3H3,(H,17,19)(H,21,22). The Morgan fingerprint density at radius 1 is 1.39 bits per heavy atom. The van der Waals surface area contributed by atoms with Gasteiger partial charge in [0.1, 0.15) is 12.6 Å². The fourth-order valence-corrected chi connectivity index (χ4v) is 2.14. The van der Waals surface area contributed by atoms with E-state index >= 15 is 0 Å². The molecule has 7 nitrogen and oxygen atoms in total. The third kappa shape index (κ3) is 7.43. The van der Waals surface area contributed by atoms with Crippen molar-refractivity contribution in [2.45, 2.75) is 45.4 Å². The highest BCUT2D eigenvalue weighted by molar-refractivity contribution is 9.10. The minimum atomic E-state index is -1.14. The maximum Gasteiger partial charge on any atom is 0.326 e. The van der Waals surface area contributed by atoms with E-state index in [1.54, 1.807) is 6.07 Å². The van der Waals surface area contributed by atoms with Gasteiger partial charge in [-0.3, -0.25) is 9.59 Å². The van der Waals surface area contributed by atoms with Gasteiger partial charge < -0.3 is 19.7 Å². The predicted molar refractivity (Wildman–Crippen MR) is 88.3 cm³/mol. The average molecular weight is 389 g/mol. The highest BCUT2D eigenvalue weighted by atomic mass is 79.9. The van der Waals surface area contributed by atoms with Crippen LogP contribution in [0.4, 0.5) is 0 Å². The van der Waals surface area contributed by atoms with Gasteiger partial charge in [-0.05, 0) is 42.8 Å². The van der Waals surface area contributed by atoms with Crippen molar-refractivity contribution in [2.75, 3.05) is 6.61 Å². The summed E-state index contributed by atoms with van der Waals surface area (Å²) in [7, 11) is 0. The van der Waals surface area contributed by atoms with Crippen LogP contribution in [-0.2, 0) is 20.9 Å². The van der Waals surface area contributed by atoms with Gasteiger partial charge in [-0.1, -0.05) is 0 Å². The highest BCUT2D eigenvalue weighted by Crippen LogP contribution is 2.08. The second kappa shape index (κ2) is 8.26. The molecule has 0 aliphatic carbocycles. The van der Waals surface area contributed by atoms with Crippen molar-refractivity contribution in [2.24, 2.45) is 0 Å². The summed E-state index contributed by atoms with van der Waals surface area (Å²) in [5.41, 5.74) is -0.720. The van der Waals surface area contributed by atoms with Crippen LogP contribution in [-0.4, -0.2) is 39.8 Å². The van der Waals surface area contributed by atoms with Crippen molar-refractivity contribution in [3.63, 3.8) is 0 Å². The number of pyridine rings is 1. The van der Waals surface area contributed by atoms with Crippen LogP contribution in [0.15, 0.2) is 27.6 Å². The van der Waals surface area contributed by atoms with E-state index in [4.69, 9.17) is 4.74 Å². The summed E-state index contributed by atoms with van der Waals surface area (Å²) in [6.45, 7) is 5.54. The van der Waals surface area contributed by atoms with Crippen LogP contribution in [0.1, 0.15) is 27.2 Å². The lowest BCUT2D eigenvalue weighted by molar-refractivity contribution is -0.142. The molecule has 0 bridgehead atoms. The number of nitrogens with zero attached hydrogens (tertiary/aromatic N) is 1. The first-order chi connectivity index (χ1) is 10.6. The zero-order valence-electron chi connectivity index (χ0n) is 13.3. The van der Waals surface area contributed by atoms with Crippen molar-refractivity contribution in [3.8, 4) is 0 Å². The number of hydrogen-bond donors (Lipinski definition) is 2. The minimum Gasteiger partial charge on any atom is -0.480 e. The minimum absolute atomic E-state index is 0.145.